The topological polar surface area (TPSA) is 158 Å². The van der Waals surface area contributed by atoms with Crippen LogP contribution in [0.5, 0.6) is 17.2 Å². The van der Waals surface area contributed by atoms with Gasteiger partial charge in [-0.1, -0.05) is 0 Å². The number of nitrogens with zero attached hydrogens (tertiary/aromatic N) is 2. The molecule has 0 saturated carbocycles. The maximum absolute atomic E-state index is 14.1. The van der Waals surface area contributed by atoms with Crippen LogP contribution in [-0.4, -0.2) is 102 Å². The summed E-state index contributed by atoms with van der Waals surface area (Å²) in [7, 11) is 3.13. The molecule has 44 heavy (non-hydrogen) atoms. The van der Waals surface area contributed by atoms with Crippen LogP contribution in [-0.2, 0) is 33.4 Å². The van der Waals surface area contributed by atoms with Crippen molar-refractivity contribution in [1.82, 2.24) is 9.80 Å². The van der Waals surface area contributed by atoms with Crippen LogP contribution in [0.1, 0.15) is 48.3 Å². The van der Waals surface area contributed by atoms with Crippen molar-refractivity contribution < 1.29 is 52.8 Å². The SMILES string of the molecule is COC1=C(C)C(=O)C2=C(C1=O)C1[C@@H]3[C@@H]4SCC(=O)C(=O)OC[C@@H](c5c6c(c(C)c(OC(C)=O)c54)OCO6)N3[C@@H](O)C(C2)N1C. The van der Waals surface area contributed by atoms with Crippen LogP contribution in [0.25, 0.3) is 0 Å². The van der Waals surface area contributed by atoms with E-state index in [0.717, 1.165) is 11.8 Å². The smallest absolute Gasteiger partial charge is 0.375 e. The molecular formula is C30H30N2O11S. The summed E-state index contributed by atoms with van der Waals surface area (Å²) in [6.45, 7) is 4.10. The molecule has 1 aromatic carbocycles. The van der Waals surface area contributed by atoms with E-state index in [1.807, 2.05) is 4.90 Å². The molecule has 0 amide bonds. The fourth-order valence-electron chi connectivity index (χ4n) is 7.71. The molecule has 232 valence electrons. The van der Waals surface area contributed by atoms with E-state index >= 15 is 0 Å². The number of cyclic esters (lactones) is 1. The number of benzene rings is 1. The third kappa shape index (κ3) is 3.80. The van der Waals surface area contributed by atoms with E-state index < -0.39 is 59.2 Å². The van der Waals surface area contributed by atoms with Crippen molar-refractivity contribution in [2.75, 3.05) is 33.3 Å². The summed E-state index contributed by atoms with van der Waals surface area (Å²) in [5.41, 5.74) is 2.31. The Bertz CT molecular complexity index is 1650. The second-order valence-corrected chi connectivity index (χ2v) is 12.8. The average Bonchev–Trinajstić information content (AvgIpc) is 3.48. The third-order valence-corrected chi connectivity index (χ3v) is 10.8. The number of carbonyl (C=O) groups is 5. The van der Waals surface area contributed by atoms with E-state index in [4.69, 9.17) is 23.7 Å². The highest BCUT2D eigenvalue weighted by atomic mass is 32.2. The van der Waals surface area contributed by atoms with Crippen molar-refractivity contribution in [2.24, 2.45) is 0 Å². The Morgan fingerprint density at radius 2 is 1.77 bits per heavy atom. The van der Waals surface area contributed by atoms with Gasteiger partial charge in [0.1, 0.15) is 18.6 Å². The van der Waals surface area contributed by atoms with Gasteiger partial charge in [0.05, 0.1) is 36.2 Å². The molecular weight excluding hydrogens is 596 g/mol. The number of esters is 2. The van der Waals surface area contributed by atoms with Crippen LogP contribution in [0.3, 0.4) is 0 Å². The van der Waals surface area contributed by atoms with Crippen molar-refractivity contribution in [2.45, 2.75) is 62.8 Å². The molecule has 1 aromatic rings. The summed E-state index contributed by atoms with van der Waals surface area (Å²) in [6.07, 6.45) is -1.09. The number of allylic oxidation sites excluding steroid dienone is 2. The lowest BCUT2D eigenvalue weighted by Gasteiger charge is -2.62. The largest absolute Gasteiger partial charge is 0.492 e. The highest BCUT2D eigenvalue weighted by Crippen LogP contribution is 2.61. The number of Topliss-reactive ketones (excluding diaryl/α,β-unsaturated/α-hetero) is 3. The molecule has 5 aliphatic heterocycles. The van der Waals surface area contributed by atoms with Crippen LogP contribution < -0.4 is 14.2 Å². The van der Waals surface area contributed by atoms with Gasteiger partial charge in [0.15, 0.2) is 23.0 Å². The summed E-state index contributed by atoms with van der Waals surface area (Å²) < 4.78 is 28.5. The Hall–Kier alpha value is -3.72. The minimum Gasteiger partial charge on any atom is -0.492 e. The molecule has 2 fully saturated rings. The standard InChI is InChI=1S/C30H30N2O11S/c1-10-22(35)13-6-14-29(37)32-15-7-40-30(38)16(34)8-44-28(21(32)20(31(14)4)17(13)23(36)25(10)39-5)19-18(15)27-26(41-9-42-27)11(2)24(19)43-12(3)33/h14-15,20-21,28-29,37H,6-9H2,1-5H3/t14?,15-,20?,21+,28+,29-/m0/s1. The fourth-order valence-corrected chi connectivity index (χ4v) is 9.05. The molecule has 1 aliphatic carbocycles. The molecule has 0 radical (unpaired) electrons. The molecule has 7 rings (SSSR count). The lowest BCUT2D eigenvalue weighted by atomic mass is 9.70. The Morgan fingerprint density at radius 1 is 1.05 bits per heavy atom. The summed E-state index contributed by atoms with van der Waals surface area (Å²) in [5, 5.41) is 11.4. The van der Waals surface area contributed by atoms with Crippen LogP contribution in [0.4, 0.5) is 0 Å². The molecule has 6 aliphatic rings. The quantitative estimate of drug-likeness (QED) is 0.215. The van der Waals surface area contributed by atoms with Crippen molar-refractivity contribution in [3.63, 3.8) is 0 Å². The number of aliphatic hydroxyl groups excluding tert-OH is 1. The van der Waals surface area contributed by atoms with Gasteiger partial charge in [-0.15, -0.1) is 11.8 Å². The van der Waals surface area contributed by atoms with E-state index in [-0.39, 0.29) is 54.0 Å². The zero-order chi connectivity index (χ0) is 31.4. The van der Waals surface area contributed by atoms with E-state index in [0.29, 0.717) is 33.8 Å². The zero-order valence-electron chi connectivity index (χ0n) is 24.6. The van der Waals surface area contributed by atoms with Gasteiger partial charge in [0.25, 0.3) is 0 Å². The first-order valence-corrected chi connectivity index (χ1v) is 15.2. The van der Waals surface area contributed by atoms with Crippen molar-refractivity contribution in [3.05, 3.63) is 39.2 Å². The monoisotopic (exact) mass is 626 g/mol. The zero-order valence-corrected chi connectivity index (χ0v) is 25.4. The molecule has 6 atom stereocenters. The third-order valence-electron chi connectivity index (χ3n) is 9.52. The lowest BCUT2D eigenvalue weighted by Crippen LogP contribution is -2.73. The molecule has 0 aromatic heterocycles. The van der Waals surface area contributed by atoms with Gasteiger partial charge in [-0.3, -0.25) is 29.0 Å². The molecule has 2 unspecified atom stereocenters. The molecule has 1 N–H and O–H groups in total. The number of ether oxygens (including phenoxy) is 5. The molecule has 5 heterocycles. The first-order chi connectivity index (χ1) is 21.0. The summed E-state index contributed by atoms with van der Waals surface area (Å²) in [4.78, 5) is 69.4. The maximum atomic E-state index is 14.1. The predicted molar refractivity (Wildman–Crippen MR) is 151 cm³/mol. The van der Waals surface area contributed by atoms with Crippen LogP contribution >= 0.6 is 11.8 Å². The fraction of sp³-hybridized carbons (Fsp3) is 0.500. The highest BCUT2D eigenvalue weighted by Gasteiger charge is 2.62. The Morgan fingerprint density at radius 3 is 2.48 bits per heavy atom. The van der Waals surface area contributed by atoms with Crippen LogP contribution in [0, 0.1) is 6.92 Å². The Kier molecular flexibility index (Phi) is 6.70. The number of ketones is 3. The van der Waals surface area contributed by atoms with Gasteiger partial charge in [-0.05, 0) is 27.3 Å². The number of fused-ring (bicyclic) bond motifs is 8. The second kappa shape index (κ2) is 10.2. The van der Waals surface area contributed by atoms with Crippen LogP contribution in [0.15, 0.2) is 22.5 Å². The average molecular weight is 627 g/mol. The highest BCUT2D eigenvalue weighted by molar-refractivity contribution is 8.00. The summed E-state index contributed by atoms with van der Waals surface area (Å²) in [6, 6.07) is -3.01. The first-order valence-electron chi connectivity index (χ1n) is 14.2. The van der Waals surface area contributed by atoms with Gasteiger partial charge in [0.2, 0.25) is 18.4 Å². The van der Waals surface area contributed by atoms with Gasteiger partial charge in [0, 0.05) is 46.4 Å². The summed E-state index contributed by atoms with van der Waals surface area (Å²) >= 11 is 1.11. The minimum absolute atomic E-state index is 0.0414. The number of rotatable bonds is 2. The number of thioether (sulfide) groups is 1. The summed E-state index contributed by atoms with van der Waals surface area (Å²) in [5.74, 6) is -2.48. The first kappa shape index (κ1) is 29.0. The number of hydrogen-bond acceptors (Lipinski definition) is 14. The van der Waals surface area contributed by atoms with Gasteiger partial charge in [-0.25, -0.2) is 4.79 Å². The van der Waals surface area contributed by atoms with Crippen molar-refractivity contribution >= 4 is 41.1 Å². The number of hydrogen-bond donors (Lipinski definition) is 1. The molecule has 4 bridgehead atoms. The molecule has 14 heteroatoms. The van der Waals surface area contributed by atoms with Gasteiger partial charge >= 0.3 is 11.9 Å². The Labute approximate surface area is 256 Å². The molecule has 0 spiro atoms. The van der Waals surface area contributed by atoms with E-state index in [2.05, 4.69) is 0 Å². The van der Waals surface area contributed by atoms with E-state index in [1.165, 1.54) is 14.0 Å². The maximum Gasteiger partial charge on any atom is 0.375 e. The second-order valence-electron chi connectivity index (χ2n) is 11.7. The number of piperazine rings is 1. The van der Waals surface area contributed by atoms with E-state index in [1.54, 1.807) is 25.8 Å². The number of methoxy groups -OCH3 is 1. The number of aliphatic hydroxyl groups is 1. The van der Waals surface area contributed by atoms with Gasteiger partial charge < -0.3 is 28.8 Å². The normalized spacial score (nSPS) is 31.4. The lowest BCUT2D eigenvalue weighted by molar-refractivity contribution is -0.179. The number of likely N-dealkylation sites (N-methyl/N-ethyl adjacent to an activating group) is 1. The Balaban J connectivity index is 1.53. The van der Waals surface area contributed by atoms with Crippen LogP contribution in [0.2, 0.25) is 0 Å². The predicted octanol–water partition coefficient (Wildman–Crippen LogP) is 1.05. The van der Waals surface area contributed by atoms with Gasteiger partial charge in [-0.2, -0.15) is 0 Å². The molecule has 13 nitrogen and oxygen atoms in total. The van der Waals surface area contributed by atoms with E-state index in [9.17, 15) is 29.1 Å². The number of carbonyl (C=O) groups excluding carboxylic acids is 5. The van der Waals surface area contributed by atoms with Crippen molar-refractivity contribution in [1.29, 1.82) is 0 Å². The molecule has 2 saturated heterocycles. The van der Waals surface area contributed by atoms with Crippen molar-refractivity contribution in [3.8, 4) is 17.2 Å². The minimum atomic E-state index is -1.20.